The van der Waals surface area contributed by atoms with Gasteiger partial charge in [0.1, 0.15) is 0 Å². The molecule has 0 saturated heterocycles. The summed E-state index contributed by atoms with van der Waals surface area (Å²) >= 11 is 12.3. The predicted molar refractivity (Wildman–Crippen MR) is 65.7 cm³/mol. The third-order valence-corrected chi connectivity index (χ3v) is 3.94. The van der Waals surface area contributed by atoms with Crippen molar-refractivity contribution in [2.75, 3.05) is 7.05 Å². The van der Waals surface area contributed by atoms with Crippen LogP contribution >= 0.6 is 23.2 Å². The lowest BCUT2D eigenvalue weighted by atomic mass is 9.88. The third-order valence-electron chi connectivity index (χ3n) is 3.38. The Labute approximate surface area is 101 Å². The lowest BCUT2D eigenvalue weighted by Crippen LogP contribution is -2.37. The first-order chi connectivity index (χ1) is 7.18. The average Bonchev–Trinajstić information content (AvgIpc) is 2.71. The molecular weight excluding hydrogens is 229 g/mol. The highest BCUT2D eigenvalue weighted by atomic mass is 35.5. The second-order valence-electron chi connectivity index (χ2n) is 4.16. The van der Waals surface area contributed by atoms with E-state index in [9.17, 15) is 0 Å². The Balaban J connectivity index is 2.46. The van der Waals surface area contributed by atoms with Gasteiger partial charge >= 0.3 is 0 Å². The number of hydrogen-bond acceptors (Lipinski definition) is 1. The number of nitrogens with one attached hydrogen (secondary N) is 1. The number of rotatable bonds is 2. The van der Waals surface area contributed by atoms with Gasteiger partial charge in [0.05, 0.1) is 0 Å². The fourth-order valence-corrected chi connectivity index (χ4v) is 2.97. The lowest BCUT2D eigenvalue weighted by molar-refractivity contribution is 0.373. The molecule has 1 aliphatic carbocycles. The Morgan fingerprint density at radius 3 is 2.47 bits per heavy atom. The molecule has 0 atom stereocenters. The summed E-state index contributed by atoms with van der Waals surface area (Å²) in [6, 6.07) is 5.72. The number of benzene rings is 1. The van der Waals surface area contributed by atoms with E-state index in [1.807, 2.05) is 25.2 Å². The van der Waals surface area contributed by atoms with Crippen LogP contribution in [0.5, 0.6) is 0 Å². The Kier molecular flexibility index (Phi) is 3.24. The lowest BCUT2D eigenvalue weighted by Gasteiger charge is -2.30. The maximum Gasteiger partial charge on any atom is 0.0457 e. The quantitative estimate of drug-likeness (QED) is 0.829. The van der Waals surface area contributed by atoms with Crippen molar-refractivity contribution in [2.45, 2.75) is 31.2 Å². The molecule has 82 valence electrons. The summed E-state index contributed by atoms with van der Waals surface area (Å²) in [4.78, 5) is 0. The van der Waals surface area contributed by atoms with Crippen LogP contribution in [0.1, 0.15) is 31.2 Å². The molecule has 0 amide bonds. The van der Waals surface area contributed by atoms with E-state index < -0.39 is 0 Å². The minimum atomic E-state index is 0.0436. The largest absolute Gasteiger partial charge is 0.310 e. The smallest absolute Gasteiger partial charge is 0.0457 e. The van der Waals surface area contributed by atoms with Crippen molar-refractivity contribution in [3.05, 3.63) is 33.8 Å². The fraction of sp³-hybridized carbons (Fsp3) is 0.500. The molecule has 1 aromatic rings. The number of halogens is 2. The summed E-state index contributed by atoms with van der Waals surface area (Å²) in [7, 11) is 2.00. The summed E-state index contributed by atoms with van der Waals surface area (Å²) < 4.78 is 0. The topological polar surface area (TPSA) is 12.0 Å². The Hall–Kier alpha value is -0.240. The molecule has 0 spiro atoms. The minimum Gasteiger partial charge on any atom is -0.310 e. The second-order valence-corrected chi connectivity index (χ2v) is 5.01. The van der Waals surface area contributed by atoms with E-state index in [0.717, 1.165) is 28.5 Å². The first-order valence-electron chi connectivity index (χ1n) is 5.32. The number of hydrogen-bond donors (Lipinski definition) is 1. The predicted octanol–water partition coefficient (Wildman–Crippen LogP) is 3.98. The van der Waals surface area contributed by atoms with E-state index in [4.69, 9.17) is 23.2 Å². The van der Waals surface area contributed by atoms with Crippen LogP contribution in [0.4, 0.5) is 0 Å². The molecule has 1 N–H and O–H groups in total. The van der Waals surface area contributed by atoms with Crippen LogP contribution in [-0.2, 0) is 5.54 Å². The van der Waals surface area contributed by atoms with Gasteiger partial charge in [0.2, 0.25) is 0 Å². The molecule has 1 aromatic carbocycles. The second kappa shape index (κ2) is 4.32. The van der Waals surface area contributed by atoms with Crippen LogP contribution in [0.15, 0.2) is 18.2 Å². The van der Waals surface area contributed by atoms with Gasteiger partial charge in [-0.05, 0) is 43.7 Å². The van der Waals surface area contributed by atoms with Gasteiger partial charge in [0.25, 0.3) is 0 Å². The first kappa shape index (κ1) is 11.3. The zero-order valence-corrected chi connectivity index (χ0v) is 10.3. The molecule has 1 saturated carbocycles. The summed E-state index contributed by atoms with van der Waals surface area (Å²) in [5.41, 5.74) is 1.19. The van der Waals surface area contributed by atoms with Crippen LogP contribution < -0.4 is 5.32 Å². The van der Waals surface area contributed by atoms with Gasteiger partial charge in [0.15, 0.2) is 0 Å². The molecule has 0 bridgehead atoms. The van der Waals surface area contributed by atoms with Crippen LogP contribution in [0.25, 0.3) is 0 Å². The van der Waals surface area contributed by atoms with Crippen LogP contribution in [0.3, 0.4) is 0 Å². The van der Waals surface area contributed by atoms with E-state index in [2.05, 4.69) is 5.32 Å². The van der Waals surface area contributed by atoms with Crippen molar-refractivity contribution in [3.63, 3.8) is 0 Å². The van der Waals surface area contributed by atoms with Crippen LogP contribution in [-0.4, -0.2) is 7.05 Å². The normalized spacial score (nSPS) is 19.4. The van der Waals surface area contributed by atoms with E-state index in [0.29, 0.717) is 0 Å². The molecular formula is C12H15Cl2N. The van der Waals surface area contributed by atoms with Crippen molar-refractivity contribution in [3.8, 4) is 0 Å². The summed E-state index contributed by atoms with van der Waals surface area (Å²) in [5.74, 6) is 0. The fourth-order valence-electron chi connectivity index (χ4n) is 2.50. The van der Waals surface area contributed by atoms with E-state index >= 15 is 0 Å². The maximum atomic E-state index is 6.25. The molecule has 0 heterocycles. The summed E-state index contributed by atoms with van der Waals surface area (Å²) in [5, 5.41) is 4.99. The van der Waals surface area contributed by atoms with Gasteiger partial charge in [-0.1, -0.05) is 36.0 Å². The summed E-state index contributed by atoms with van der Waals surface area (Å²) in [6.07, 6.45) is 4.79. The molecule has 2 rings (SSSR count). The van der Waals surface area contributed by atoms with Gasteiger partial charge in [-0.25, -0.2) is 0 Å². The maximum absolute atomic E-state index is 6.25. The highest BCUT2D eigenvalue weighted by Gasteiger charge is 2.35. The molecule has 1 aliphatic rings. The van der Waals surface area contributed by atoms with Gasteiger partial charge in [0, 0.05) is 15.6 Å². The molecule has 1 nitrogen and oxygen atoms in total. The highest BCUT2D eigenvalue weighted by Crippen LogP contribution is 2.42. The van der Waals surface area contributed by atoms with Gasteiger partial charge in [-0.3, -0.25) is 0 Å². The van der Waals surface area contributed by atoms with Crippen LogP contribution in [0, 0.1) is 0 Å². The van der Waals surface area contributed by atoms with Gasteiger partial charge < -0.3 is 5.32 Å². The van der Waals surface area contributed by atoms with E-state index in [1.165, 1.54) is 12.8 Å². The molecule has 0 radical (unpaired) electrons. The van der Waals surface area contributed by atoms with Crippen molar-refractivity contribution in [1.82, 2.24) is 5.32 Å². The summed E-state index contributed by atoms with van der Waals surface area (Å²) in [6.45, 7) is 0. The molecule has 0 unspecified atom stereocenters. The minimum absolute atomic E-state index is 0.0436. The van der Waals surface area contributed by atoms with E-state index in [1.54, 1.807) is 0 Å². The standard InChI is InChI=1S/C12H15Cl2N/c1-15-12(6-2-3-7-12)10-8-9(13)4-5-11(10)14/h4-5,8,15H,2-3,6-7H2,1H3. The average molecular weight is 244 g/mol. The molecule has 15 heavy (non-hydrogen) atoms. The third kappa shape index (κ3) is 2.01. The van der Waals surface area contributed by atoms with Crippen LogP contribution in [0.2, 0.25) is 10.0 Å². The Bertz CT molecular complexity index is 357. The van der Waals surface area contributed by atoms with Crippen molar-refractivity contribution >= 4 is 23.2 Å². The van der Waals surface area contributed by atoms with Crippen molar-refractivity contribution in [1.29, 1.82) is 0 Å². The first-order valence-corrected chi connectivity index (χ1v) is 6.08. The highest BCUT2D eigenvalue weighted by molar-refractivity contribution is 6.33. The molecule has 3 heteroatoms. The zero-order chi connectivity index (χ0) is 10.9. The molecule has 0 aliphatic heterocycles. The Morgan fingerprint density at radius 1 is 1.20 bits per heavy atom. The monoisotopic (exact) mass is 243 g/mol. The molecule has 1 fully saturated rings. The molecule has 0 aromatic heterocycles. The zero-order valence-electron chi connectivity index (χ0n) is 8.82. The van der Waals surface area contributed by atoms with E-state index in [-0.39, 0.29) is 5.54 Å². The Morgan fingerprint density at radius 2 is 1.87 bits per heavy atom. The van der Waals surface area contributed by atoms with Gasteiger partial charge in [-0.15, -0.1) is 0 Å². The van der Waals surface area contributed by atoms with Crippen molar-refractivity contribution in [2.24, 2.45) is 0 Å². The van der Waals surface area contributed by atoms with Gasteiger partial charge in [-0.2, -0.15) is 0 Å². The SMILES string of the molecule is CNC1(c2cc(Cl)ccc2Cl)CCCC1. The van der Waals surface area contributed by atoms with Crippen molar-refractivity contribution < 1.29 is 0 Å².